The van der Waals surface area contributed by atoms with Gasteiger partial charge in [-0.2, -0.15) is 0 Å². The molecular formula is C13H16BrN3OS. The summed E-state index contributed by atoms with van der Waals surface area (Å²) >= 11 is 3.39. The zero-order valence-electron chi connectivity index (χ0n) is 10.9. The highest BCUT2D eigenvalue weighted by Crippen LogP contribution is 2.22. The van der Waals surface area contributed by atoms with Gasteiger partial charge in [-0.25, -0.2) is 0 Å². The molecule has 0 aromatic carbocycles. The highest BCUT2D eigenvalue weighted by Gasteiger charge is 2.08. The van der Waals surface area contributed by atoms with E-state index in [0.29, 0.717) is 5.75 Å². The molecule has 2 rings (SSSR count). The number of hydrogen-bond donors (Lipinski definition) is 1. The standard InChI is InChI=1S/C13H16BrN3OS/c1-9(4-6-19(2)18)17-11-3-5-15-12-7-10(14)8-16-13(11)12/h3,5,7-9H,4,6H2,1-2H3,(H,15,17). The van der Waals surface area contributed by atoms with Crippen molar-refractivity contribution < 1.29 is 4.21 Å². The Bertz CT molecular complexity index is 605. The van der Waals surface area contributed by atoms with Crippen LogP contribution in [-0.2, 0) is 10.8 Å². The molecule has 0 bridgehead atoms. The fourth-order valence-electron chi connectivity index (χ4n) is 1.80. The summed E-state index contributed by atoms with van der Waals surface area (Å²) in [6.07, 6.45) is 6.13. The summed E-state index contributed by atoms with van der Waals surface area (Å²) in [4.78, 5) is 8.70. The molecule has 0 saturated heterocycles. The Morgan fingerprint density at radius 1 is 1.47 bits per heavy atom. The molecule has 0 spiro atoms. The Morgan fingerprint density at radius 3 is 3.00 bits per heavy atom. The fourth-order valence-corrected chi connectivity index (χ4v) is 2.81. The molecule has 1 N–H and O–H groups in total. The lowest BCUT2D eigenvalue weighted by Gasteiger charge is -2.15. The van der Waals surface area contributed by atoms with E-state index in [1.165, 1.54) is 0 Å². The number of rotatable bonds is 5. The third-order valence-corrected chi connectivity index (χ3v) is 4.03. The lowest BCUT2D eigenvalue weighted by Crippen LogP contribution is -2.18. The molecule has 6 heteroatoms. The van der Waals surface area contributed by atoms with Crippen molar-refractivity contribution in [1.82, 2.24) is 9.97 Å². The Balaban J connectivity index is 2.18. The molecule has 0 radical (unpaired) electrons. The maximum atomic E-state index is 11.1. The van der Waals surface area contributed by atoms with Crippen LogP contribution in [0, 0.1) is 0 Å². The van der Waals surface area contributed by atoms with E-state index in [9.17, 15) is 4.21 Å². The first-order valence-electron chi connectivity index (χ1n) is 6.03. The van der Waals surface area contributed by atoms with Gasteiger partial charge in [-0.15, -0.1) is 0 Å². The molecule has 2 heterocycles. The zero-order chi connectivity index (χ0) is 13.8. The van der Waals surface area contributed by atoms with Crippen LogP contribution in [-0.4, -0.2) is 32.2 Å². The van der Waals surface area contributed by atoms with Crippen molar-refractivity contribution in [3.05, 3.63) is 29.0 Å². The van der Waals surface area contributed by atoms with Gasteiger partial charge in [-0.05, 0) is 41.4 Å². The number of nitrogens with one attached hydrogen (secondary N) is 1. The van der Waals surface area contributed by atoms with Gasteiger partial charge in [0.15, 0.2) is 0 Å². The Hall–Kier alpha value is -1.01. The summed E-state index contributed by atoms with van der Waals surface area (Å²) in [5, 5.41) is 3.41. The molecule has 19 heavy (non-hydrogen) atoms. The molecular weight excluding hydrogens is 326 g/mol. The van der Waals surface area contributed by atoms with Crippen LogP contribution >= 0.6 is 15.9 Å². The molecule has 0 saturated carbocycles. The van der Waals surface area contributed by atoms with Gasteiger partial charge >= 0.3 is 0 Å². The predicted molar refractivity (Wildman–Crippen MR) is 83.9 cm³/mol. The van der Waals surface area contributed by atoms with Crippen molar-refractivity contribution in [3.8, 4) is 0 Å². The molecule has 0 aliphatic rings. The first-order chi connectivity index (χ1) is 9.06. The molecule has 2 unspecified atom stereocenters. The highest BCUT2D eigenvalue weighted by atomic mass is 79.9. The summed E-state index contributed by atoms with van der Waals surface area (Å²) in [5.74, 6) is 0.705. The first kappa shape index (κ1) is 14.4. The Labute approximate surface area is 123 Å². The van der Waals surface area contributed by atoms with Gasteiger partial charge in [0.25, 0.3) is 0 Å². The minimum Gasteiger partial charge on any atom is -0.381 e. The fraction of sp³-hybridized carbons (Fsp3) is 0.385. The SMILES string of the molecule is CC(CCS(C)=O)Nc1ccnc2cc(Br)cnc12. The van der Waals surface area contributed by atoms with Crippen LogP contribution in [0.2, 0.25) is 0 Å². The van der Waals surface area contributed by atoms with Crippen molar-refractivity contribution in [2.45, 2.75) is 19.4 Å². The monoisotopic (exact) mass is 341 g/mol. The average molecular weight is 342 g/mol. The third-order valence-electron chi connectivity index (χ3n) is 2.78. The number of pyridine rings is 2. The van der Waals surface area contributed by atoms with Crippen LogP contribution in [0.3, 0.4) is 0 Å². The van der Waals surface area contributed by atoms with Gasteiger partial charge < -0.3 is 5.32 Å². The van der Waals surface area contributed by atoms with Gasteiger partial charge in [0.2, 0.25) is 0 Å². The largest absolute Gasteiger partial charge is 0.381 e. The zero-order valence-corrected chi connectivity index (χ0v) is 13.3. The van der Waals surface area contributed by atoms with E-state index in [-0.39, 0.29) is 6.04 Å². The van der Waals surface area contributed by atoms with Crippen LogP contribution in [0.1, 0.15) is 13.3 Å². The second-order valence-corrected chi connectivity index (χ2v) is 6.96. The maximum absolute atomic E-state index is 11.1. The van der Waals surface area contributed by atoms with E-state index < -0.39 is 10.8 Å². The summed E-state index contributed by atoms with van der Waals surface area (Å²) < 4.78 is 12.0. The van der Waals surface area contributed by atoms with Crippen molar-refractivity contribution in [1.29, 1.82) is 0 Å². The van der Waals surface area contributed by atoms with Crippen LogP contribution in [0.5, 0.6) is 0 Å². The molecule has 0 aliphatic carbocycles. The molecule has 0 fully saturated rings. The van der Waals surface area contributed by atoms with Gasteiger partial charge in [-0.3, -0.25) is 14.2 Å². The normalized spacial score (nSPS) is 14.3. The van der Waals surface area contributed by atoms with Gasteiger partial charge in [0, 0.05) is 45.7 Å². The highest BCUT2D eigenvalue weighted by molar-refractivity contribution is 9.10. The lowest BCUT2D eigenvalue weighted by molar-refractivity contribution is 0.678. The lowest BCUT2D eigenvalue weighted by atomic mass is 10.2. The minimum absolute atomic E-state index is 0.250. The number of halogens is 1. The summed E-state index contributed by atoms with van der Waals surface area (Å²) in [6.45, 7) is 2.08. The predicted octanol–water partition coefficient (Wildman–Crippen LogP) is 2.96. The number of nitrogens with zero attached hydrogens (tertiary/aromatic N) is 2. The number of anilines is 1. The van der Waals surface area contributed by atoms with E-state index in [2.05, 4.69) is 38.1 Å². The topological polar surface area (TPSA) is 54.9 Å². The van der Waals surface area contributed by atoms with Crippen LogP contribution < -0.4 is 5.32 Å². The van der Waals surface area contributed by atoms with E-state index in [0.717, 1.165) is 27.6 Å². The average Bonchev–Trinajstić information content (AvgIpc) is 2.36. The quantitative estimate of drug-likeness (QED) is 0.908. The molecule has 0 amide bonds. The second kappa shape index (κ2) is 6.43. The number of hydrogen-bond acceptors (Lipinski definition) is 4. The molecule has 102 valence electrons. The summed E-state index contributed by atoms with van der Waals surface area (Å²) in [7, 11) is -0.749. The van der Waals surface area contributed by atoms with E-state index >= 15 is 0 Å². The van der Waals surface area contributed by atoms with Crippen LogP contribution in [0.15, 0.2) is 29.0 Å². The van der Waals surface area contributed by atoms with Crippen LogP contribution in [0.4, 0.5) is 5.69 Å². The summed E-state index contributed by atoms with van der Waals surface area (Å²) in [6, 6.07) is 4.11. The van der Waals surface area contributed by atoms with Crippen molar-refractivity contribution in [2.75, 3.05) is 17.3 Å². The van der Waals surface area contributed by atoms with E-state index in [1.54, 1.807) is 18.6 Å². The van der Waals surface area contributed by atoms with E-state index in [1.807, 2.05) is 12.1 Å². The Kier molecular flexibility index (Phi) is 4.87. The molecule has 2 aromatic heterocycles. The summed E-state index contributed by atoms with van der Waals surface area (Å²) in [5.41, 5.74) is 2.67. The van der Waals surface area contributed by atoms with Gasteiger partial charge in [0.1, 0.15) is 5.52 Å². The third kappa shape index (κ3) is 3.98. The first-order valence-corrected chi connectivity index (χ1v) is 8.55. The van der Waals surface area contributed by atoms with E-state index in [4.69, 9.17) is 0 Å². The second-order valence-electron chi connectivity index (χ2n) is 4.49. The molecule has 4 nitrogen and oxygen atoms in total. The smallest absolute Gasteiger partial charge is 0.112 e. The molecule has 2 atom stereocenters. The Morgan fingerprint density at radius 2 is 2.26 bits per heavy atom. The van der Waals surface area contributed by atoms with Crippen molar-refractivity contribution >= 4 is 43.5 Å². The number of aromatic nitrogens is 2. The maximum Gasteiger partial charge on any atom is 0.112 e. The minimum atomic E-state index is -0.749. The van der Waals surface area contributed by atoms with Gasteiger partial charge in [0.05, 0.1) is 11.2 Å². The molecule has 0 aliphatic heterocycles. The van der Waals surface area contributed by atoms with Gasteiger partial charge in [-0.1, -0.05) is 0 Å². The van der Waals surface area contributed by atoms with Crippen molar-refractivity contribution in [3.63, 3.8) is 0 Å². The molecule has 2 aromatic rings. The van der Waals surface area contributed by atoms with Crippen LogP contribution in [0.25, 0.3) is 11.0 Å². The number of fused-ring (bicyclic) bond motifs is 1. The van der Waals surface area contributed by atoms with Crippen molar-refractivity contribution in [2.24, 2.45) is 0 Å².